The van der Waals surface area contributed by atoms with Gasteiger partial charge >= 0.3 is 6.09 Å². The maximum Gasteiger partial charge on any atom is 0.407 e. The summed E-state index contributed by atoms with van der Waals surface area (Å²) in [6.45, 7) is 10.1. The van der Waals surface area contributed by atoms with Crippen LogP contribution in [0.15, 0.2) is 4.99 Å². The van der Waals surface area contributed by atoms with Crippen LogP contribution in [-0.2, 0) is 4.74 Å². The molecular formula is C17H34N4O2. The predicted octanol–water partition coefficient (Wildman–Crippen LogP) is 2.77. The molecule has 1 unspecified atom stereocenters. The summed E-state index contributed by atoms with van der Waals surface area (Å²) in [6, 6.07) is 0.334. The number of nitrogens with one attached hydrogen (secondary N) is 2. The van der Waals surface area contributed by atoms with Crippen LogP contribution in [0.5, 0.6) is 0 Å². The van der Waals surface area contributed by atoms with E-state index in [2.05, 4.69) is 15.6 Å². The van der Waals surface area contributed by atoms with Crippen LogP contribution in [-0.4, -0.2) is 36.3 Å². The van der Waals surface area contributed by atoms with E-state index in [1.54, 1.807) is 0 Å². The second kappa shape index (κ2) is 8.99. The van der Waals surface area contributed by atoms with Crippen molar-refractivity contribution in [2.75, 3.05) is 6.54 Å². The number of carbonyl (C=O) groups excluding carboxylic acids is 1. The topological polar surface area (TPSA) is 88.7 Å². The highest BCUT2D eigenvalue weighted by molar-refractivity contribution is 5.78. The van der Waals surface area contributed by atoms with Gasteiger partial charge in [-0.25, -0.2) is 4.79 Å². The van der Waals surface area contributed by atoms with Crippen molar-refractivity contribution in [3.63, 3.8) is 0 Å². The molecule has 0 aromatic rings. The molecule has 1 aliphatic rings. The molecule has 1 rings (SSSR count). The van der Waals surface area contributed by atoms with Gasteiger partial charge in [0.15, 0.2) is 5.96 Å². The summed E-state index contributed by atoms with van der Waals surface area (Å²) < 4.78 is 5.30. The first kappa shape index (κ1) is 19.6. The summed E-state index contributed by atoms with van der Waals surface area (Å²) in [6.07, 6.45) is 5.70. The van der Waals surface area contributed by atoms with Gasteiger partial charge in [-0.15, -0.1) is 0 Å². The van der Waals surface area contributed by atoms with Gasteiger partial charge in [0.1, 0.15) is 5.60 Å². The molecule has 0 aromatic heterocycles. The molecule has 23 heavy (non-hydrogen) atoms. The third-order valence-corrected chi connectivity index (χ3v) is 3.92. The van der Waals surface area contributed by atoms with Crippen molar-refractivity contribution >= 4 is 12.1 Å². The van der Waals surface area contributed by atoms with Gasteiger partial charge in [0.25, 0.3) is 0 Å². The molecule has 4 N–H and O–H groups in total. The van der Waals surface area contributed by atoms with Crippen LogP contribution >= 0.6 is 0 Å². The van der Waals surface area contributed by atoms with Crippen LogP contribution in [0.4, 0.5) is 4.79 Å². The molecule has 1 aliphatic carbocycles. The molecular weight excluding hydrogens is 292 g/mol. The SMILES string of the molecule is CC(C)C(CN=C(N)NC1CCCCC1)NC(=O)OC(C)(C)C. The minimum absolute atomic E-state index is 0.100. The van der Waals surface area contributed by atoms with Crippen molar-refractivity contribution in [1.29, 1.82) is 0 Å². The molecule has 1 fully saturated rings. The molecule has 0 aromatic carbocycles. The first-order valence-corrected chi connectivity index (χ1v) is 8.73. The van der Waals surface area contributed by atoms with Gasteiger partial charge in [-0.3, -0.25) is 4.99 Å². The zero-order valence-electron chi connectivity index (χ0n) is 15.3. The second-order valence-electron chi connectivity index (χ2n) is 7.70. The first-order valence-electron chi connectivity index (χ1n) is 8.73. The molecule has 0 aliphatic heterocycles. The first-order chi connectivity index (χ1) is 10.7. The molecule has 1 atom stereocenters. The highest BCUT2D eigenvalue weighted by Gasteiger charge is 2.21. The fourth-order valence-electron chi connectivity index (χ4n) is 2.58. The summed E-state index contributed by atoms with van der Waals surface area (Å²) in [4.78, 5) is 16.3. The lowest BCUT2D eigenvalue weighted by Gasteiger charge is -2.26. The van der Waals surface area contributed by atoms with E-state index in [1.165, 1.54) is 19.3 Å². The number of ether oxygens (including phenoxy) is 1. The molecule has 0 spiro atoms. The lowest BCUT2D eigenvalue weighted by atomic mass is 9.96. The van der Waals surface area contributed by atoms with E-state index in [1.807, 2.05) is 34.6 Å². The molecule has 6 nitrogen and oxygen atoms in total. The van der Waals surface area contributed by atoms with Gasteiger partial charge in [-0.1, -0.05) is 33.1 Å². The van der Waals surface area contributed by atoms with E-state index in [0.717, 1.165) is 12.8 Å². The van der Waals surface area contributed by atoms with E-state index < -0.39 is 11.7 Å². The predicted molar refractivity (Wildman–Crippen MR) is 94.5 cm³/mol. The van der Waals surface area contributed by atoms with E-state index in [0.29, 0.717) is 18.5 Å². The Hall–Kier alpha value is -1.46. The monoisotopic (exact) mass is 326 g/mol. The number of aliphatic imine (C=N–C) groups is 1. The van der Waals surface area contributed by atoms with Crippen molar-refractivity contribution in [1.82, 2.24) is 10.6 Å². The van der Waals surface area contributed by atoms with Crippen molar-refractivity contribution in [2.24, 2.45) is 16.6 Å². The molecule has 134 valence electrons. The Morgan fingerprint density at radius 3 is 2.39 bits per heavy atom. The van der Waals surface area contributed by atoms with Crippen LogP contribution in [0.1, 0.15) is 66.7 Å². The van der Waals surface area contributed by atoms with E-state index in [-0.39, 0.29) is 12.0 Å². The molecule has 0 heterocycles. The zero-order chi connectivity index (χ0) is 17.5. The Labute approximate surface area is 140 Å². The number of nitrogens with zero attached hydrogens (tertiary/aromatic N) is 1. The van der Waals surface area contributed by atoms with Crippen LogP contribution in [0.3, 0.4) is 0 Å². The van der Waals surface area contributed by atoms with Gasteiger partial charge in [0.05, 0.1) is 12.6 Å². The Morgan fingerprint density at radius 1 is 1.26 bits per heavy atom. The summed E-state index contributed by atoms with van der Waals surface area (Å²) in [7, 11) is 0. The number of guanidine groups is 1. The van der Waals surface area contributed by atoms with Crippen molar-refractivity contribution in [3.05, 3.63) is 0 Å². The summed E-state index contributed by atoms with van der Waals surface area (Å²) in [5, 5.41) is 6.17. The number of hydrogen-bond donors (Lipinski definition) is 3. The Morgan fingerprint density at radius 2 is 1.87 bits per heavy atom. The normalized spacial score (nSPS) is 18.6. The summed E-state index contributed by atoms with van der Waals surface area (Å²) in [5.41, 5.74) is 5.48. The highest BCUT2D eigenvalue weighted by atomic mass is 16.6. The highest BCUT2D eigenvalue weighted by Crippen LogP contribution is 2.17. The molecule has 1 saturated carbocycles. The lowest BCUT2D eigenvalue weighted by Crippen LogP contribution is -2.45. The van der Waals surface area contributed by atoms with Crippen molar-refractivity contribution in [2.45, 2.75) is 84.4 Å². The molecule has 1 amide bonds. The smallest absolute Gasteiger partial charge is 0.407 e. The number of alkyl carbamates (subject to hydrolysis) is 1. The minimum atomic E-state index is -0.504. The quantitative estimate of drug-likeness (QED) is 0.535. The Bertz CT molecular complexity index is 396. The third kappa shape index (κ3) is 8.67. The largest absolute Gasteiger partial charge is 0.444 e. The Balaban J connectivity index is 2.47. The van der Waals surface area contributed by atoms with Crippen LogP contribution < -0.4 is 16.4 Å². The van der Waals surface area contributed by atoms with Crippen molar-refractivity contribution < 1.29 is 9.53 Å². The maximum absolute atomic E-state index is 11.9. The fraction of sp³-hybridized carbons (Fsp3) is 0.882. The minimum Gasteiger partial charge on any atom is -0.444 e. The van der Waals surface area contributed by atoms with Gasteiger partial charge < -0.3 is 21.1 Å². The van der Waals surface area contributed by atoms with Gasteiger partial charge in [0.2, 0.25) is 0 Å². The zero-order valence-corrected chi connectivity index (χ0v) is 15.3. The van der Waals surface area contributed by atoms with Gasteiger partial charge in [0, 0.05) is 6.04 Å². The van der Waals surface area contributed by atoms with E-state index >= 15 is 0 Å². The van der Waals surface area contributed by atoms with Gasteiger partial charge in [-0.2, -0.15) is 0 Å². The van der Waals surface area contributed by atoms with Crippen LogP contribution in [0.2, 0.25) is 0 Å². The fourth-order valence-corrected chi connectivity index (χ4v) is 2.58. The number of carbonyl (C=O) groups is 1. The van der Waals surface area contributed by atoms with Gasteiger partial charge in [-0.05, 0) is 39.5 Å². The summed E-state index contributed by atoms with van der Waals surface area (Å²) in [5.74, 6) is 0.710. The standard InChI is InChI=1S/C17H34N4O2/c1-12(2)14(21-16(22)23-17(3,4)5)11-19-15(18)20-13-9-7-6-8-10-13/h12-14H,6-11H2,1-5H3,(H,21,22)(H3,18,19,20). The molecule has 6 heteroatoms. The lowest BCUT2D eigenvalue weighted by molar-refractivity contribution is 0.0493. The number of rotatable bonds is 5. The summed E-state index contributed by atoms with van der Waals surface area (Å²) >= 11 is 0. The number of nitrogens with two attached hydrogens (primary N) is 1. The van der Waals surface area contributed by atoms with Crippen molar-refractivity contribution in [3.8, 4) is 0 Å². The number of amides is 1. The average Bonchev–Trinajstić information content (AvgIpc) is 2.42. The Kier molecular flexibility index (Phi) is 7.65. The molecule has 0 saturated heterocycles. The van der Waals surface area contributed by atoms with E-state index in [9.17, 15) is 4.79 Å². The maximum atomic E-state index is 11.9. The molecule has 0 radical (unpaired) electrons. The van der Waals surface area contributed by atoms with E-state index in [4.69, 9.17) is 10.5 Å². The second-order valence-corrected chi connectivity index (χ2v) is 7.70. The molecule has 0 bridgehead atoms. The number of hydrogen-bond acceptors (Lipinski definition) is 3. The average molecular weight is 326 g/mol. The van der Waals surface area contributed by atoms with Crippen LogP contribution in [0.25, 0.3) is 0 Å². The third-order valence-electron chi connectivity index (χ3n) is 3.92. The van der Waals surface area contributed by atoms with Crippen LogP contribution in [0, 0.1) is 5.92 Å².